The van der Waals surface area contributed by atoms with Gasteiger partial charge < -0.3 is 4.90 Å². The van der Waals surface area contributed by atoms with Crippen LogP contribution in [-0.4, -0.2) is 46.7 Å². The van der Waals surface area contributed by atoms with Crippen LogP contribution in [0.15, 0.2) is 12.2 Å². The van der Waals surface area contributed by atoms with Gasteiger partial charge in [-0.1, -0.05) is 12.2 Å². The standard InChI is InChI=1S/C19H24N2O3/c1-10(17(22)20-7-3-2-4-8-20)21-18(23)15-11-5-6-12(14-9-13(11)14)16(15)19(21)24/h5-6,10-16H,2-4,7-9H2,1H3/t10-,11-,12-,13-,14-,15-,16+/m1/s1. The number of carbonyl (C=O) groups is 3. The molecule has 0 N–H and O–H groups in total. The molecule has 2 aliphatic heterocycles. The Bertz CT molecular complexity index is 615. The molecule has 128 valence electrons. The normalized spacial score (nSPS) is 43.7. The first-order chi connectivity index (χ1) is 11.6. The van der Waals surface area contributed by atoms with Crippen LogP contribution in [0.25, 0.3) is 0 Å². The van der Waals surface area contributed by atoms with Gasteiger partial charge in [0.25, 0.3) is 0 Å². The molecule has 2 saturated heterocycles. The molecule has 24 heavy (non-hydrogen) atoms. The molecular formula is C19H24N2O3. The van der Waals surface area contributed by atoms with E-state index in [1.54, 1.807) is 6.92 Å². The number of likely N-dealkylation sites (tertiary alicyclic amines) is 2. The van der Waals surface area contributed by atoms with Gasteiger partial charge in [0, 0.05) is 13.1 Å². The molecule has 4 aliphatic carbocycles. The Morgan fingerprint density at radius 2 is 1.54 bits per heavy atom. The molecule has 0 aromatic heterocycles. The van der Waals surface area contributed by atoms with E-state index in [2.05, 4.69) is 12.2 Å². The SMILES string of the molecule is C[C@H](C(=O)N1CCCCC1)N1C(=O)[C@@H]2[C@@H]3C=C[C@H]([C@H]4C[C@H]34)[C@@H]2C1=O. The van der Waals surface area contributed by atoms with E-state index in [1.807, 2.05) is 4.90 Å². The summed E-state index contributed by atoms with van der Waals surface area (Å²) in [6, 6.07) is -0.649. The van der Waals surface area contributed by atoms with Gasteiger partial charge in [-0.25, -0.2) is 0 Å². The number of hydrogen-bond acceptors (Lipinski definition) is 3. The van der Waals surface area contributed by atoms with E-state index >= 15 is 0 Å². The van der Waals surface area contributed by atoms with E-state index in [9.17, 15) is 14.4 Å². The number of piperidine rings is 1. The lowest BCUT2D eigenvalue weighted by atomic mass is 9.63. The van der Waals surface area contributed by atoms with E-state index in [1.165, 1.54) is 4.90 Å². The maximum atomic E-state index is 13.0. The van der Waals surface area contributed by atoms with Crippen molar-refractivity contribution in [3.05, 3.63) is 12.2 Å². The molecule has 6 aliphatic rings. The lowest BCUT2D eigenvalue weighted by molar-refractivity contribution is -0.151. The van der Waals surface area contributed by atoms with Crippen molar-refractivity contribution in [1.29, 1.82) is 0 Å². The molecule has 3 amide bonds. The van der Waals surface area contributed by atoms with Gasteiger partial charge in [0.15, 0.2) is 0 Å². The molecule has 2 bridgehead atoms. The van der Waals surface area contributed by atoms with Gasteiger partial charge in [0.1, 0.15) is 6.04 Å². The molecule has 2 saturated carbocycles. The first-order valence-corrected chi connectivity index (χ1v) is 9.43. The molecule has 0 unspecified atom stereocenters. The largest absolute Gasteiger partial charge is 0.341 e. The maximum absolute atomic E-state index is 13.0. The minimum Gasteiger partial charge on any atom is -0.341 e. The summed E-state index contributed by atoms with van der Waals surface area (Å²) in [4.78, 5) is 42.0. The third kappa shape index (κ3) is 1.78. The smallest absolute Gasteiger partial charge is 0.245 e. The van der Waals surface area contributed by atoms with Crippen LogP contribution in [0.2, 0.25) is 0 Å². The third-order valence-electron chi connectivity index (χ3n) is 7.11. The molecule has 4 fully saturated rings. The molecule has 0 aromatic carbocycles. The van der Waals surface area contributed by atoms with Crippen LogP contribution in [-0.2, 0) is 14.4 Å². The van der Waals surface area contributed by atoms with Crippen LogP contribution in [0, 0.1) is 35.5 Å². The highest BCUT2D eigenvalue weighted by Gasteiger charge is 2.67. The Hall–Kier alpha value is -1.65. The highest BCUT2D eigenvalue weighted by atomic mass is 16.2. The predicted octanol–water partition coefficient (Wildman–Crippen LogP) is 1.44. The fourth-order valence-electron chi connectivity index (χ4n) is 5.85. The minimum absolute atomic E-state index is 0.0551. The Morgan fingerprint density at radius 3 is 2.08 bits per heavy atom. The number of hydrogen-bond donors (Lipinski definition) is 0. The van der Waals surface area contributed by atoms with Crippen molar-refractivity contribution >= 4 is 17.7 Å². The summed E-state index contributed by atoms with van der Waals surface area (Å²) in [5.41, 5.74) is 0. The summed E-state index contributed by atoms with van der Waals surface area (Å²) in [6.45, 7) is 3.24. The summed E-state index contributed by atoms with van der Waals surface area (Å²) in [7, 11) is 0. The number of rotatable bonds is 2. The number of allylic oxidation sites excluding steroid dienone is 2. The summed E-state index contributed by atoms with van der Waals surface area (Å²) in [5, 5.41) is 0. The highest BCUT2D eigenvalue weighted by molar-refractivity contribution is 6.09. The Morgan fingerprint density at radius 1 is 1.00 bits per heavy atom. The van der Waals surface area contributed by atoms with Gasteiger partial charge in [0.2, 0.25) is 17.7 Å². The molecule has 5 heteroatoms. The summed E-state index contributed by atoms with van der Waals surface area (Å²) in [6.07, 6.45) is 8.70. The van der Waals surface area contributed by atoms with Gasteiger partial charge in [-0.05, 0) is 56.3 Å². The zero-order chi connectivity index (χ0) is 16.6. The maximum Gasteiger partial charge on any atom is 0.245 e. The lowest BCUT2D eigenvalue weighted by Crippen LogP contribution is -2.51. The van der Waals surface area contributed by atoms with Gasteiger partial charge in [-0.3, -0.25) is 19.3 Å². The van der Waals surface area contributed by atoms with Gasteiger partial charge in [-0.15, -0.1) is 0 Å². The summed E-state index contributed by atoms with van der Waals surface area (Å²) < 4.78 is 0. The van der Waals surface area contributed by atoms with Crippen LogP contribution >= 0.6 is 0 Å². The second-order valence-electron chi connectivity index (χ2n) is 8.26. The van der Waals surface area contributed by atoms with Crippen LogP contribution in [0.4, 0.5) is 0 Å². The zero-order valence-corrected chi connectivity index (χ0v) is 14.1. The first-order valence-electron chi connectivity index (χ1n) is 9.43. The molecule has 7 atom stereocenters. The summed E-state index contributed by atoms with van der Waals surface area (Å²) >= 11 is 0. The molecule has 0 spiro atoms. The Balaban J connectivity index is 1.40. The van der Waals surface area contributed by atoms with Crippen molar-refractivity contribution in [2.75, 3.05) is 13.1 Å². The predicted molar refractivity (Wildman–Crippen MR) is 86.4 cm³/mol. The highest BCUT2D eigenvalue weighted by Crippen LogP contribution is 2.65. The average molecular weight is 328 g/mol. The quantitative estimate of drug-likeness (QED) is 0.569. The second kappa shape index (κ2) is 4.93. The molecule has 6 rings (SSSR count). The minimum atomic E-state index is -0.649. The van der Waals surface area contributed by atoms with Crippen molar-refractivity contribution in [3.8, 4) is 0 Å². The fraction of sp³-hybridized carbons (Fsp3) is 0.737. The van der Waals surface area contributed by atoms with E-state index in [4.69, 9.17) is 0 Å². The van der Waals surface area contributed by atoms with E-state index in [-0.39, 0.29) is 41.4 Å². The van der Waals surface area contributed by atoms with Crippen LogP contribution in [0.5, 0.6) is 0 Å². The zero-order valence-electron chi connectivity index (χ0n) is 14.1. The van der Waals surface area contributed by atoms with E-state index in [0.717, 1.165) is 38.8 Å². The van der Waals surface area contributed by atoms with Crippen molar-refractivity contribution in [1.82, 2.24) is 9.80 Å². The van der Waals surface area contributed by atoms with Gasteiger partial charge in [-0.2, -0.15) is 0 Å². The molecule has 0 aromatic rings. The van der Waals surface area contributed by atoms with Gasteiger partial charge in [0.05, 0.1) is 11.8 Å². The van der Waals surface area contributed by atoms with E-state index in [0.29, 0.717) is 11.8 Å². The summed E-state index contributed by atoms with van der Waals surface area (Å²) in [5.74, 6) is 1.02. The van der Waals surface area contributed by atoms with Crippen LogP contribution in [0.3, 0.4) is 0 Å². The fourth-order valence-corrected chi connectivity index (χ4v) is 5.85. The van der Waals surface area contributed by atoms with Gasteiger partial charge >= 0.3 is 0 Å². The monoisotopic (exact) mass is 328 g/mol. The number of imide groups is 1. The van der Waals surface area contributed by atoms with Crippen molar-refractivity contribution in [3.63, 3.8) is 0 Å². The molecule has 0 radical (unpaired) electrons. The van der Waals surface area contributed by atoms with Crippen molar-refractivity contribution < 1.29 is 14.4 Å². The van der Waals surface area contributed by atoms with E-state index < -0.39 is 6.04 Å². The Kier molecular flexibility index (Phi) is 3.01. The molecule has 5 nitrogen and oxygen atoms in total. The lowest BCUT2D eigenvalue weighted by Gasteiger charge is -2.37. The third-order valence-corrected chi connectivity index (χ3v) is 7.11. The average Bonchev–Trinajstić information content (AvgIpc) is 3.39. The Labute approximate surface area is 142 Å². The first kappa shape index (κ1) is 14.7. The van der Waals surface area contributed by atoms with Crippen LogP contribution < -0.4 is 0 Å². The van der Waals surface area contributed by atoms with Crippen molar-refractivity contribution in [2.45, 2.75) is 38.6 Å². The molecular weight excluding hydrogens is 304 g/mol. The van der Waals surface area contributed by atoms with Crippen LogP contribution in [0.1, 0.15) is 32.6 Å². The number of carbonyl (C=O) groups excluding carboxylic acids is 3. The number of amides is 3. The second-order valence-corrected chi connectivity index (χ2v) is 8.26. The van der Waals surface area contributed by atoms with Crippen molar-refractivity contribution in [2.24, 2.45) is 35.5 Å². The number of nitrogens with zero attached hydrogens (tertiary/aromatic N) is 2. The topological polar surface area (TPSA) is 57.7 Å². The molecule has 2 heterocycles.